The second kappa shape index (κ2) is 8.99. The number of nitrogens with zero attached hydrogens (tertiary/aromatic N) is 1. The van der Waals surface area contributed by atoms with E-state index in [-0.39, 0.29) is 41.2 Å². The fourth-order valence-corrected chi connectivity index (χ4v) is 6.80. The summed E-state index contributed by atoms with van der Waals surface area (Å²) in [5, 5.41) is 18.7. The molecule has 0 aliphatic carbocycles. The van der Waals surface area contributed by atoms with Gasteiger partial charge in [-0.15, -0.1) is 0 Å². The number of amides is 2. The zero-order chi connectivity index (χ0) is 23.0. The number of benzene rings is 1. The topological polar surface area (TPSA) is 137 Å². The second-order valence-electron chi connectivity index (χ2n) is 7.71. The molecule has 170 valence electrons. The van der Waals surface area contributed by atoms with Crippen molar-refractivity contribution in [1.82, 2.24) is 9.88 Å². The number of carboxylic acid groups (broad SMARTS) is 1. The molecule has 9 nitrogen and oxygen atoms in total. The van der Waals surface area contributed by atoms with E-state index in [1.54, 1.807) is 12.1 Å². The third-order valence-corrected chi connectivity index (χ3v) is 8.15. The Morgan fingerprint density at radius 1 is 1.19 bits per heavy atom. The highest BCUT2D eigenvalue weighted by Gasteiger charge is 2.55. The standard InChI is InChI=1S/C21H22N2O7S2/c1-30-12-9-10(6-7-11(12)24)14-15-17(31-18-16(14)32-21(29)22-18)20(28)23(19(15)27)8-4-2-3-5-13(25)26/h6-7,9,14-15,17,24H,2-5,8H2,1H3,(H,22,29)(H,25,26)/t14-,15-,17-/m0/s1. The summed E-state index contributed by atoms with van der Waals surface area (Å²) < 4.78 is 5.22. The maximum Gasteiger partial charge on any atom is 0.305 e. The lowest BCUT2D eigenvalue weighted by Crippen LogP contribution is -2.33. The molecule has 11 heteroatoms. The lowest BCUT2D eigenvalue weighted by molar-refractivity contribution is -0.140. The summed E-state index contributed by atoms with van der Waals surface area (Å²) in [4.78, 5) is 53.7. The molecule has 2 aromatic rings. The number of phenolic OH excluding ortho intramolecular Hbond substituents is 1. The Morgan fingerprint density at radius 3 is 2.69 bits per heavy atom. The summed E-state index contributed by atoms with van der Waals surface area (Å²) in [6.07, 6.45) is 1.68. The monoisotopic (exact) mass is 478 g/mol. The van der Waals surface area contributed by atoms with Gasteiger partial charge in [-0.2, -0.15) is 0 Å². The fourth-order valence-electron chi connectivity index (χ4n) is 4.26. The van der Waals surface area contributed by atoms with Crippen LogP contribution in [0, 0.1) is 5.92 Å². The van der Waals surface area contributed by atoms with Crippen molar-refractivity contribution in [1.29, 1.82) is 0 Å². The Hall–Kier alpha value is -2.79. The van der Waals surface area contributed by atoms with Crippen LogP contribution in [0.1, 0.15) is 42.0 Å². The molecule has 1 saturated heterocycles. The number of aliphatic carboxylic acids is 1. The van der Waals surface area contributed by atoms with Crippen molar-refractivity contribution >= 4 is 40.9 Å². The van der Waals surface area contributed by atoms with Gasteiger partial charge in [0, 0.05) is 23.8 Å². The Labute approximate surface area is 191 Å². The third kappa shape index (κ3) is 4.02. The number of rotatable bonds is 8. The number of aromatic hydroxyl groups is 1. The normalized spacial score (nSPS) is 22.0. The molecule has 3 N–H and O–H groups in total. The number of carboxylic acids is 1. The zero-order valence-corrected chi connectivity index (χ0v) is 18.8. The SMILES string of the molecule is COc1cc([C@@H]2c3sc(=O)[nH]c3S[C@@H]3C(=O)N(CCCCCC(=O)O)C(=O)[C@@H]23)ccc1O. The van der Waals surface area contributed by atoms with Crippen LogP contribution in [0.15, 0.2) is 28.0 Å². The van der Waals surface area contributed by atoms with Gasteiger partial charge < -0.3 is 19.9 Å². The van der Waals surface area contributed by atoms with Gasteiger partial charge in [0.2, 0.25) is 11.8 Å². The van der Waals surface area contributed by atoms with Gasteiger partial charge in [-0.3, -0.25) is 24.1 Å². The number of phenols is 1. The van der Waals surface area contributed by atoms with E-state index in [9.17, 15) is 24.3 Å². The Kier molecular flexibility index (Phi) is 6.29. The van der Waals surface area contributed by atoms with Gasteiger partial charge in [-0.25, -0.2) is 0 Å². The van der Waals surface area contributed by atoms with Crippen molar-refractivity contribution < 1.29 is 29.3 Å². The van der Waals surface area contributed by atoms with Crippen LogP contribution in [-0.2, 0) is 14.4 Å². The number of carbonyl (C=O) groups is 3. The van der Waals surface area contributed by atoms with Crippen LogP contribution < -0.4 is 9.61 Å². The smallest absolute Gasteiger partial charge is 0.305 e. The van der Waals surface area contributed by atoms with Crippen LogP contribution >= 0.6 is 23.1 Å². The van der Waals surface area contributed by atoms with E-state index in [4.69, 9.17) is 9.84 Å². The minimum absolute atomic E-state index is 0.0442. The molecule has 0 saturated carbocycles. The Bertz CT molecular complexity index is 1130. The molecule has 1 aromatic carbocycles. The molecule has 1 aromatic heterocycles. The number of thioether (sulfide) groups is 1. The van der Waals surface area contributed by atoms with Crippen LogP contribution in [0.2, 0.25) is 0 Å². The first-order chi connectivity index (χ1) is 15.3. The average molecular weight is 479 g/mol. The van der Waals surface area contributed by atoms with Crippen molar-refractivity contribution in [3.8, 4) is 11.5 Å². The summed E-state index contributed by atoms with van der Waals surface area (Å²) in [5.41, 5.74) is 0.677. The molecule has 0 unspecified atom stereocenters. The van der Waals surface area contributed by atoms with Gasteiger partial charge in [0.05, 0.1) is 18.1 Å². The number of aromatic nitrogens is 1. The lowest BCUT2D eigenvalue weighted by atomic mass is 9.83. The summed E-state index contributed by atoms with van der Waals surface area (Å²) in [5.74, 6) is -2.46. The van der Waals surface area contributed by atoms with Crippen molar-refractivity contribution in [3.63, 3.8) is 0 Å². The quantitative estimate of drug-likeness (QED) is 0.389. The molecule has 3 atom stereocenters. The number of imide groups is 1. The van der Waals surface area contributed by atoms with Gasteiger partial charge >= 0.3 is 10.8 Å². The third-order valence-electron chi connectivity index (χ3n) is 5.75. The zero-order valence-electron chi connectivity index (χ0n) is 17.2. The number of ether oxygens (including phenoxy) is 1. The average Bonchev–Trinajstić information content (AvgIpc) is 3.24. The minimum atomic E-state index is -0.868. The van der Waals surface area contributed by atoms with E-state index in [1.807, 2.05) is 0 Å². The molecule has 2 aliphatic rings. The summed E-state index contributed by atoms with van der Waals surface area (Å²) >= 11 is 2.23. The van der Waals surface area contributed by atoms with Crippen LogP contribution in [0.3, 0.4) is 0 Å². The van der Waals surface area contributed by atoms with Gasteiger partial charge in [0.25, 0.3) is 0 Å². The van der Waals surface area contributed by atoms with E-state index in [0.717, 1.165) is 11.3 Å². The molecule has 2 aliphatic heterocycles. The van der Waals surface area contributed by atoms with E-state index in [1.165, 1.54) is 29.8 Å². The molecule has 2 amide bonds. The van der Waals surface area contributed by atoms with Gasteiger partial charge in [0.15, 0.2) is 11.5 Å². The predicted octanol–water partition coefficient (Wildman–Crippen LogP) is 2.39. The predicted molar refractivity (Wildman–Crippen MR) is 117 cm³/mol. The summed E-state index contributed by atoms with van der Waals surface area (Å²) in [6.45, 7) is 0.237. The molecule has 0 radical (unpaired) electrons. The highest BCUT2D eigenvalue weighted by atomic mass is 32.2. The molecule has 4 rings (SSSR count). The van der Waals surface area contributed by atoms with Gasteiger partial charge in [-0.05, 0) is 30.5 Å². The number of methoxy groups -OCH3 is 1. The molecular formula is C21H22N2O7S2. The van der Waals surface area contributed by atoms with Gasteiger partial charge in [0.1, 0.15) is 5.25 Å². The molecule has 0 bridgehead atoms. The van der Waals surface area contributed by atoms with Crippen LogP contribution in [-0.4, -0.2) is 56.8 Å². The molecular weight excluding hydrogens is 456 g/mol. The number of fused-ring (bicyclic) bond motifs is 2. The summed E-state index contributed by atoms with van der Waals surface area (Å²) in [7, 11) is 1.43. The number of unbranched alkanes of at least 4 members (excludes halogenated alkanes) is 2. The maximum absolute atomic E-state index is 13.4. The molecule has 1 fully saturated rings. The number of hydrogen-bond acceptors (Lipinski definition) is 8. The number of thiazole rings is 1. The van der Waals surface area contributed by atoms with E-state index >= 15 is 0 Å². The lowest BCUT2D eigenvalue weighted by Gasteiger charge is -2.30. The van der Waals surface area contributed by atoms with Crippen LogP contribution in [0.25, 0.3) is 0 Å². The number of likely N-dealkylation sites (tertiary alicyclic amines) is 1. The first kappa shape index (κ1) is 22.4. The first-order valence-electron chi connectivity index (χ1n) is 10.2. The van der Waals surface area contributed by atoms with E-state index < -0.39 is 23.1 Å². The molecule has 32 heavy (non-hydrogen) atoms. The number of H-pyrrole nitrogens is 1. The Morgan fingerprint density at radius 2 is 1.97 bits per heavy atom. The first-order valence-corrected chi connectivity index (χ1v) is 11.8. The largest absolute Gasteiger partial charge is 0.504 e. The van der Waals surface area contributed by atoms with E-state index in [0.29, 0.717) is 34.7 Å². The number of carbonyl (C=O) groups excluding carboxylic acids is 2. The maximum atomic E-state index is 13.4. The van der Waals surface area contributed by atoms with E-state index in [2.05, 4.69) is 4.98 Å². The van der Waals surface area contributed by atoms with Crippen molar-refractivity contribution in [2.24, 2.45) is 5.92 Å². The highest BCUT2D eigenvalue weighted by Crippen LogP contribution is 2.53. The van der Waals surface area contributed by atoms with Crippen molar-refractivity contribution in [2.75, 3.05) is 13.7 Å². The number of aromatic amines is 1. The van der Waals surface area contributed by atoms with Crippen molar-refractivity contribution in [3.05, 3.63) is 38.3 Å². The van der Waals surface area contributed by atoms with Crippen LogP contribution in [0.5, 0.6) is 11.5 Å². The van der Waals surface area contributed by atoms with Crippen molar-refractivity contribution in [2.45, 2.75) is 41.9 Å². The summed E-state index contributed by atoms with van der Waals surface area (Å²) in [6, 6.07) is 4.78. The van der Waals surface area contributed by atoms with Crippen LogP contribution in [0.4, 0.5) is 0 Å². The second-order valence-corrected chi connectivity index (χ2v) is 9.88. The molecule has 3 heterocycles. The van der Waals surface area contributed by atoms with Gasteiger partial charge in [-0.1, -0.05) is 35.6 Å². The Balaban J connectivity index is 1.64. The minimum Gasteiger partial charge on any atom is -0.504 e. The number of hydrogen-bond donors (Lipinski definition) is 3. The fraction of sp³-hybridized carbons (Fsp3) is 0.429. The molecule has 0 spiro atoms. The number of nitrogens with one attached hydrogen (secondary N) is 1. The highest BCUT2D eigenvalue weighted by molar-refractivity contribution is 8.00.